The molecule has 6 heteroatoms. The minimum absolute atomic E-state index is 0.0411. The average molecular weight is 314 g/mol. The van der Waals surface area contributed by atoms with Crippen molar-refractivity contribution in [1.29, 1.82) is 0 Å². The molecule has 1 amide bonds. The first kappa shape index (κ1) is 17.2. The van der Waals surface area contributed by atoms with E-state index in [0.717, 1.165) is 0 Å². The number of carboxylic acids is 1. The molecule has 114 valence electrons. The molecule has 2 N–H and O–H groups in total. The number of aliphatic carboxylic acids is 1. The molecule has 1 aromatic carbocycles. The summed E-state index contributed by atoms with van der Waals surface area (Å²) in [7, 11) is 0. The van der Waals surface area contributed by atoms with Crippen molar-refractivity contribution in [1.82, 2.24) is 5.32 Å². The minimum atomic E-state index is -1.07. The van der Waals surface area contributed by atoms with Crippen LogP contribution in [0.2, 0.25) is 5.02 Å². The van der Waals surface area contributed by atoms with E-state index >= 15 is 0 Å². The zero-order valence-corrected chi connectivity index (χ0v) is 12.5. The maximum absolute atomic E-state index is 13.0. The van der Waals surface area contributed by atoms with Crippen LogP contribution in [-0.2, 0) is 9.59 Å². The predicted octanol–water partition coefficient (Wildman–Crippen LogP) is 3.11. The molecule has 0 aliphatic carbocycles. The van der Waals surface area contributed by atoms with Gasteiger partial charge in [0, 0.05) is 6.08 Å². The Morgan fingerprint density at radius 1 is 1.48 bits per heavy atom. The Hall–Kier alpha value is -1.88. The highest BCUT2D eigenvalue weighted by Crippen LogP contribution is 2.16. The molecule has 0 spiro atoms. The molecule has 21 heavy (non-hydrogen) atoms. The van der Waals surface area contributed by atoms with Crippen molar-refractivity contribution in [3.63, 3.8) is 0 Å². The molecule has 0 aliphatic rings. The van der Waals surface area contributed by atoms with Crippen LogP contribution in [0.25, 0.3) is 6.08 Å². The van der Waals surface area contributed by atoms with Gasteiger partial charge in [0.15, 0.2) is 0 Å². The van der Waals surface area contributed by atoms with Crippen molar-refractivity contribution < 1.29 is 19.1 Å². The largest absolute Gasteiger partial charge is 0.480 e. The third kappa shape index (κ3) is 5.19. The zero-order chi connectivity index (χ0) is 16.0. The fraction of sp³-hybridized carbons (Fsp3) is 0.333. The summed E-state index contributed by atoms with van der Waals surface area (Å²) in [5.74, 6) is -2.32. The molecule has 2 atom stereocenters. The monoisotopic (exact) mass is 313 g/mol. The number of amides is 1. The summed E-state index contributed by atoms with van der Waals surface area (Å²) in [6.45, 7) is 3.60. The summed E-state index contributed by atoms with van der Waals surface area (Å²) in [6.07, 6.45) is 3.27. The van der Waals surface area contributed by atoms with Crippen molar-refractivity contribution in [3.05, 3.63) is 40.7 Å². The van der Waals surface area contributed by atoms with E-state index in [4.69, 9.17) is 16.7 Å². The molecular formula is C15H17ClFNO3. The summed E-state index contributed by atoms with van der Waals surface area (Å²) in [4.78, 5) is 22.8. The number of hydrogen-bond acceptors (Lipinski definition) is 2. The van der Waals surface area contributed by atoms with Gasteiger partial charge in [0.2, 0.25) is 5.91 Å². The fourth-order valence-corrected chi connectivity index (χ4v) is 1.86. The lowest BCUT2D eigenvalue weighted by Gasteiger charge is -2.19. The van der Waals surface area contributed by atoms with Crippen molar-refractivity contribution in [2.75, 3.05) is 0 Å². The zero-order valence-electron chi connectivity index (χ0n) is 11.8. The lowest BCUT2D eigenvalue weighted by molar-refractivity contribution is -0.142. The number of carboxylic acid groups (broad SMARTS) is 1. The molecule has 0 heterocycles. The number of carbonyl (C=O) groups is 2. The van der Waals surface area contributed by atoms with Crippen LogP contribution in [0.1, 0.15) is 25.8 Å². The summed E-state index contributed by atoms with van der Waals surface area (Å²) in [6, 6.07) is 3.10. The first-order valence-electron chi connectivity index (χ1n) is 6.51. The Bertz CT molecular complexity index is 560. The SMILES string of the molecule is CC[C@H](C)[C@H](NC(=O)/C=C/c1ccc(F)c(Cl)c1)C(=O)O. The van der Waals surface area contributed by atoms with Crippen LogP contribution in [0.3, 0.4) is 0 Å². The molecule has 0 unspecified atom stereocenters. The lowest BCUT2D eigenvalue weighted by atomic mass is 9.99. The number of halogens is 2. The Labute approximate surface area is 127 Å². The highest BCUT2D eigenvalue weighted by Gasteiger charge is 2.24. The van der Waals surface area contributed by atoms with Crippen molar-refractivity contribution >= 4 is 29.6 Å². The van der Waals surface area contributed by atoms with E-state index in [2.05, 4.69) is 5.32 Å². The minimum Gasteiger partial charge on any atom is -0.480 e. The molecule has 0 saturated carbocycles. The van der Waals surface area contributed by atoms with Gasteiger partial charge in [-0.3, -0.25) is 4.79 Å². The maximum atomic E-state index is 13.0. The Morgan fingerprint density at radius 2 is 2.14 bits per heavy atom. The van der Waals surface area contributed by atoms with Crippen LogP contribution >= 0.6 is 11.6 Å². The number of hydrogen-bond donors (Lipinski definition) is 2. The van der Waals surface area contributed by atoms with E-state index in [1.807, 2.05) is 6.92 Å². The Balaban J connectivity index is 2.73. The second kappa shape index (κ2) is 7.78. The molecule has 0 saturated heterocycles. The van der Waals surface area contributed by atoms with E-state index in [0.29, 0.717) is 12.0 Å². The van der Waals surface area contributed by atoms with Gasteiger partial charge in [-0.15, -0.1) is 0 Å². The summed E-state index contributed by atoms with van der Waals surface area (Å²) < 4.78 is 13.0. The molecule has 0 aliphatic heterocycles. The standard InChI is InChI=1S/C15H17ClFNO3/c1-3-9(2)14(15(20)21)18-13(19)7-5-10-4-6-12(17)11(16)8-10/h4-9,14H,3H2,1-2H3,(H,18,19)(H,20,21)/b7-5+/t9-,14-/m0/s1. The van der Waals surface area contributed by atoms with Gasteiger partial charge in [0.25, 0.3) is 0 Å². The van der Waals surface area contributed by atoms with Crippen LogP contribution in [0.4, 0.5) is 4.39 Å². The van der Waals surface area contributed by atoms with Gasteiger partial charge in [0.05, 0.1) is 5.02 Å². The van der Waals surface area contributed by atoms with Gasteiger partial charge >= 0.3 is 5.97 Å². The van der Waals surface area contributed by atoms with Gasteiger partial charge in [-0.2, -0.15) is 0 Å². The summed E-state index contributed by atoms with van der Waals surface area (Å²) >= 11 is 5.63. The average Bonchev–Trinajstić information content (AvgIpc) is 2.44. The molecular weight excluding hydrogens is 297 g/mol. The first-order chi connectivity index (χ1) is 9.85. The second-order valence-corrected chi connectivity index (χ2v) is 5.12. The maximum Gasteiger partial charge on any atom is 0.326 e. The van der Waals surface area contributed by atoms with E-state index in [1.54, 1.807) is 6.92 Å². The second-order valence-electron chi connectivity index (χ2n) is 4.72. The number of rotatable bonds is 6. The fourth-order valence-electron chi connectivity index (χ4n) is 1.67. The number of carbonyl (C=O) groups excluding carboxylic acids is 1. The van der Waals surface area contributed by atoms with E-state index in [-0.39, 0.29) is 10.9 Å². The van der Waals surface area contributed by atoms with Gasteiger partial charge in [-0.1, -0.05) is 37.9 Å². The van der Waals surface area contributed by atoms with Crippen molar-refractivity contribution in [3.8, 4) is 0 Å². The summed E-state index contributed by atoms with van der Waals surface area (Å²) in [5, 5.41) is 11.5. The van der Waals surface area contributed by atoms with Crippen molar-refractivity contribution in [2.45, 2.75) is 26.3 Å². The topological polar surface area (TPSA) is 66.4 Å². The number of nitrogens with one attached hydrogen (secondary N) is 1. The van der Waals surface area contributed by atoms with Crippen LogP contribution in [-0.4, -0.2) is 23.0 Å². The molecule has 1 aromatic rings. The molecule has 4 nitrogen and oxygen atoms in total. The van der Waals surface area contributed by atoms with Crippen LogP contribution < -0.4 is 5.32 Å². The highest BCUT2D eigenvalue weighted by molar-refractivity contribution is 6.30. The predicted molar refractivity (Wildman–Crippen MR) is 79.5 cm³/mol. The van der Waals surface area contributed by atoms with Crippen LogP contribution in [0.15, 0.2) is 24.3 Å². The lowest BCUT2D eigenvalue weighted by Crippen LogP contribution is -2.44. The quantitative estimate of drug-likeness (QED) is 0.793. The van der Waals surface area contributed by atoms with E-state index in [9.17, 15) is 14.0 Å². The Kier molecular flexibility index (Phi) is 6.37. The molecule has 0 bridgehead atoms. The van der Waals surface area contributed by atoms with Crippen LogP contribution in [0, 0.1) is 11.7 Å². The molecule has 0 aromatic heterocycles. The molecule has 0 fully saturated rings. The third-order valence-electron chi connectivity index (χ3n) is 3.15. The summed E-state index contributed by atoms with van der Waals surface area (Å²) in [5.41, 5.74) is 0.548. The van der Waals surface area contributed by atoms with Crippen molar-refractivity contribution in [2.24, 2.45) is 5.92 Å². The van der Waals surface area contributed by atoms with Gasteiger partial charge in [-0.05, 0) is 29.7 Å². The van der Waals surface area contributed by atoms with Gasteiger partial charge in [0.1, 0.15) is 11.9 Å². The van der Waals surface area contributed by atoms with E-state index in [1.165, 1.54) is 30.4 Å². The molecule has 0 radical (unpaired) electrons. The smallest absolute Gasteiger partial charge is 0.326 e. The van der Waals surface area contributed by atoms with Crippen LogP contribution in [0.5, 0.6) is 0 Å². The Morgan fingerprint density at radius 3 is 2.67 bits per heavy atom. The van der Waals surface area contributed by atoms with Gasteiger partial charge < -0.3 is 10.4 Å². The van der Waals surface area contributed by atoms with Gasteiger partial charge in [-0.25, -0.2) is 9.18 Å². The third-order valence-corrected chi connectivity index (χ3v) is 3.44. The normalized spacial score (nSPS) is 13.9. The highest BCUT2D eigenvalue weighted by atomic mass is 35.5. The van der Waals surface area contributed by atoms with E-state index < -0.39 is 23.7 Å². The number of benzene rings is 1. The molecule has 1 rings (SSSR count). The first-order valence-corrected chi connectivity index (χ1v) is 6.89.